The van der Waals surface area contributed by atoms with E-state index in [2.05, 4.69) is 10.2 Å². The fraction of sp³-hybridized carbons (Fsp3) is 0.474. The number of nitrogens with zero attached hydrogens (tertiary/aromatic N) is 2. The molecule has 1 saturated carbocycles. The molecule has 1 amide bonds. The molecule has 5 heteroatoms. The van der Waals surface area contributed by atoms with Crippen LogP contribution in [0.3, 0.4) is 0 Å². The molecule has 0 atom stereocenters. The Hall–Kier alpha value is -2.14. The highest BCUT2D eigenvalue weighted by molar-refractivity contribution is 6.01. The molecule has 2 heterocycles. The van der Waals surface area contributed by atoms with Gasteiger partial charge in [0, 0.05) is 30.6 Å². The van der Waals surface area contributed by atoms with Gasteiger partial charge in [-0.15, -0.1) is 0 Å². The van der Waals surface area contributed by atoms with E-state index in [9.17, 15) is 4.79 Å². The van der Waals surface area contributed by atoms with Gasteiger partial charge in [-0.2, -0.15) is 0 Å². The van der Waals surface area contributed by atoms with E-state index < -0.39 is 5.91 Å². The summed E-state index contributed by atoms with van der Waals surface area (Å²) in [5, 5.41) is 4.71. The van der Waals surface area contributed by atoms with Crippen molar-refractivity contribution in [2.24, 2.45) is 5.73 Å². The third kappa shape index (κ3) is 2.96. The molecule has 1 aromatic heterocycles. The predicted molar refractivity (Wildman–Crippen MR) is 96.3 cm³/mol. The molecule has 2 fully saturated rings. The van der Waals surface area contributed by atoms with Crippen molar-refractivity contribution in [3.8, 4) is 0 Å². The lowest BCUT2D eigenvalue weighted by Gasteiger charge is -2.43. The number of primary amides is 1. The van der Waals surface area contributed by atoms with E-state index in [1.54, 1.807) is 0 Å². The molecule has 4 rings (SSSR count). The molecule has 24 heavy (non-hydrogen) atoms. The summed E-state index contributed by atoms with van der Waals surface area (Å²) in [5.41, 5.74) is 7.01. The smallest absolute Gasteiger partial charge is 0.252 e. The standard InChI is InChI=1S/C19H24N4O/c20-18(24)16-10-13-6-4-5-9-17(13)22-19(16)23-11-15(12-23)21-14-7-2-1-3-8-14/h4-6,9-10,14-15,21H,1-3,7-8,11-12H2,(H2,20,24). The maximum Gasteiger partial charge on any atom is 0.252 e. The van der Waals surface area contributed by atoms with Crippen LogP contribution >= 0.6 is 0 Å². The second-order valence-electron chi connectivity index (χ2n) is 7.02. The van der Waals surface area contributed by atoms with Crippen LogP contribution in [0.2, 0.25) is 0 Å². The summed E-state index contributed by atoms with van der Waals surface area (Å²) in [4.78, 5) is 18.7. The topological polar surface area (TPSA) is 71.2 Å². The first-order valence-electron chi connectivity index (χ1n) is 8.91. The molecule has 2 aromatic rings. The van der Waals surface area contributed by atoms with Crippen LogP contribution in [0.1, 0.15) is 42.5 Å². The van der Waals surface area contributed by atoms with Crippen molar-refractivity contribution in [3.63, 3.8) is 0 Å². The number of para-hydroxylation sites is 1. The zero-order valence-corrected chi connectivity index (χ0v) is 13.9. The Kier molecular flexibility index (Phi) is 4.10. The molecule has 2 aliphatic rings. The second-order valence-corrected chi connectivity index (χ2v) is 7.02. The Morgan fingerprint density at radius 1 is 1.12 bits per heavy atom. The molecule has 0 unspecified atom stereocenters. The zero-order chi connectivity index (χ0) is 16.5. The number of carbonyl (C=O) groups excluding carboxylic acids is 1. The van der Waals surface area contributed by atoms with E-state index in [-0.39, 0.29) is 0 Å². The van der Waals surface area contributed by atoms with E-state index >= 15 is 0 Å². The average Bonchev–Trinajstić information content (AvgIpc) is 2.57. The van der Waals surface area contributed by atoms with Gasteiger partial charge in [0.15, 0.2) is 0 Å². The first kappa shape index (κ1) is 15.4. The molecule has 0 spiro atoms. The molecule has 1 saturated heterocycles. The minimum atomic E-state index is -0.410. The summed E-state index contributed by atoms with van der Waals surface area (Å²) >= 11 is 0. The Morgan fingerprint density at radius 3 is 2.62 bits per heavy atom. The predicted octanol–water partition coefficient (Wildman–Crippen LogP) is 2.44. The number of carbonyl (C=O) groups is 1. The van der Waals surface area contributed by atoms with Gasteiger partial charge in [-0.3, -0.25) is 4.79 Å². The van der Waals surface area contributed by atoms with Gasteiger partial charge in [0.25, 0.3) is 5.91 Å². The van der Waals surface area contributed by atoms with E-state index in [0.29, 0.717) is 17.6 Å². The Labute approximate surface area is 142 Å². The zero-order valence-electron chi connectivity index (χ0n) is 13.9. The van der Waals surface area contributed by atoms with Crippen molar-refractivity contribution in [3.05, 3.63) is 35.9 Å². The van der Waals surface area contributed by atoms with Gasteiger partial charge in [0.2, 0.25) is 0 Å². The van der Waals surface area contributed by atoms with Gasteiger partial charge in [-0.05, 0) is 25.0 Å². The van der Waals surface area contributed by atoms with Crippen LogP contribution in [-0.2, 0) is 0 Å². The van der Waals surface area contributed by atoms with E-state index in [1.807, 2.05) is 30.3 Å². The molecule has 0 radical (unpaired) electrons. The van der Waals surface area contributed by atoms with Crippen molar-refractivity contribution in [1.82, 2.24) is 10.3 Å². The highest BCUT2D eigenvalue weighted by Crippen LogP contribution is 2.28. The summed E-state index contributed by atoms with van der Waals surface area (Å²) in [6.07, 6.45) is 6.63. The van der Waals surface area contributed by atoms with Crippen molar-refractivity contribution in [2.45, 2.75) is 44.2 Å². The van der Waals surface area contributed by atoms with E-state index in [4.69, 9.17) is 10.7 Å². The molecule has 3 N–H and O–H groups in total. The van der Waals surface area contributed by atoms with Crippen molar-refractivity contribution < 1.29 is 4.79 Å². The molecule has 126 valence electrons. The molecule has 0 bridgehead atoms. The first-order valence-corrected chi connectivity index (χ1v) is 8.91. The molecular weight excluding hydrogens is 300 g/mol. The summed E-state index contributed by atoms with van der Waals surface area (Å²) in [7, 11) is 0. The van der Waals surface area contributed by atoms with Crippen LogP contribution in [0.15, 0.2) is 30.3 Å². The number of nitrogens with two attached hydrogens (primary N) is 1. The minimum absolute atomic E-state index is 0.410. The summed E-state index contributed by atoms with van der Waals surface area (Å²) in [5.74, 6) is 0.315. The summed E-state index contributed by atoms with van der Waals surface area (Å²) in [6, 6.07) is 10.9. The van der Waals surface area contributed by atoms with Crippen LogP contribution in [0.25, 0.3) is 10.9 Å². The van der Waals surface area contributed by atoms with Crippen LogP contribution in [0.4, 0.5) is 5.82 Å². The number of fused-ring (bicyclic) bond motifs is 1. The fourth-order valence-corrected chi connectivity index (χ4v) is 3.89. The summed E-state index contributed by atoms with van der Waals surface area (Å²) in [6.45, 7) is 1.78. The normalized spacial score (nSPS) is 19.4. The lowest BCUT2D eigenvalue weighted by Crippen LogP contribution is -2.61. The third-order valence-corrected chi connectivity index (χ3v) is 5.23. The number of rotatable bonds is 4. The maximum atomic E-state index is 11.8. The van der Waals surface area contributed by atoms with E-state index in [1.165, 1.54) is 32.1 Å². The maximum absolute atomic E-state index is 11.8. The van der Waals surface area contributed by atoms with Crippen LogP contribution in [-0.4, -0.2) is 36.1 Å². The third-order valence-electron chi connectivity index (χ3n) is 5.23. The quantitative estimate of drug-likeness (QED) is 0.906. The second kappa shape index (κ2) is 6.40. The minimum Gasteiger partial charge on any atom is -0.365 e. The van der Waals surface area contributed by atoms with Crippen LogP contribution < -0.4 is 16.0 Å². The highest BCUT2D eigenvalue weighted by atomic mass is 16.1. The van der Waals surface area contributed by atoms with Crippen LogP contribution in [0, 0.1) is 0 Å². The number of hydrogen-bond acceptors (Lipinski definition) is 4. The summed E-state index contributed by atoms with van der Waals surface area (Å²) < 4.78 is 0. The van der Waals surface area contributed by atoms with Gasteiger partial charge in [-0.25, -0.2) is 4.98 Å². The molecular formula is C19H24N4O. The Morgan fingerprint density at radius 2 is 1.88 bits per heavy atom. The monoisotopic (exact) mass is 324 g/mol. The molecule has 1 aliphatic heterocycles. The van der Waals surface area contributed by atoms with Crippen molar-refractivity contribution >= 4 is 22.6 Å². The van der Waals surface area contributed by atoms with Crippen LogP contribution in [0.5, 0.6) is 0 Å². The van der Waals surface area contributed by atoms with Gasteiger partial charge >= 0.3 is 0 Å². The highest BCUT2D eigenvalue weighted by Gasteiger charge is 2.32. The first-order chi connectivity index (χ1) is 11.7. The van der Waals surface area contributed by atoms with Crippen molar-refractivity contribution in [2.75, 3.05) is 18.0 Å². The van der Waals surface area contributed by atoms with E-state index in [0.717, 1.165) is 29.8 Å². The largest absolute Gasteiger partial charge is 0.365 e. The number of anilines is 1. The number of hydrogen-bond donors (Lipinski definition) is 2. The lowest BCUT2D eigenvalue weighted by atomic mass is 9.94. The fourth-order valence-electron chi connectivity index (χ4n) is 3.89. The number of aromatic nitrogens is 1. The number of nitrogens with one attached hydrogen (secondary N) is 1. The lowest BCUT2D eigenvalue weighted by molar-refractivity contribution is 0.1000. The average molecular weight is 324 g/mol. The Balaban J connectivity index is 1.50. The number of benzene rings is 1. The number of amides is 1. The van der Waals surface area contributed by atoms with Gasteiger partial charge < -0.3 is 16.0 Å². The molecule has 1 aliphatic carbocycles. The van der Waals surface area contributed by atoms with Gasteiger partial charge in [0.1, 0.15) is 5.82 Å². The molecule has 5 nitrogen and oxygen atoms in total. The number of pyridine rings is 1. The van der Waals surface area contributed by atoms with Gasteiger partial charge in [0.05, 0.1) is 11.1 Å². The van der Waals surface area contributed by atoms with Gasteiger partial charge in [-0.1, -0.05) is 37.5 Å². The molecule has 1 aromatic carbocycles. The van der Waals surface area contributed by atoms with Crippen molar-refractivity contribution in [1.29, 1.82) is 0 Å². The SMILES string of the molecule is NC(=O)c1cc2ccccc2nc1N1CC(NC2CCCCC2)C1. The Bertz CT molecular complexity index is 748.